The molecule has 8 heteroatoms. The van der Waals surface area contributed by atoms with E-state index in [-0.39, 0.29) is 12.6 Å². The molecule has 0 heterocycles. The van der Waals surface area contributed by atoms with E-state index in [1.807, 2.05) is 50.2 Å². The Bertz CT molecular complexity index is 847. The molecule has 2 rings (SSSR count). The van der Waals surface area contributed by atoms with Gasteiger partial charge in [0, 0.05) is 12.6 Å². The summed E-state index contributed by atoms with van der Waals surface area (Å²) in [5.41, 5.74) is 0.992. The van der Waals surface area contributed by atoms with Crippen LogP contribution in [0.4, 0.5) is 13.2 Å². The molecular formula is C18H21F3N2O2S. The fourth-order valence-corrected chi connectivity index (χ4v) is 3.58. The SMILES string of the molecule is Cc1ccc(C(CNS(=O)(=O)c2cccc(C(F)(F)F)c2)N(C)C)cc1. The Morgan fingerprint density at radius 3 is 2.23 bits per heavy atom. The lowest BCUT2D eigenvalue weighted by Gasteiger charge is -2.25. The monoisotopic (exact) mass is 386 g/mol. The van der Waals surface area contributed by atoms with Gasteiger partial charge in [0.15, 0.2) is 0 Å². The first kappa shape index (κ1) is 20.4. The number of hydrogen-bond acceptors (Lipinski definition) is 3. The van der Waals surface area contributed by atoms with Crippen molar-refractivity contribution in [1.29, 1.82) is 0 Å². The fourth-order valence-electron chi connectivity index (χ4n) is 2.50. The van der Waals surface area contributed by atoms with Gasteiger partial charge in [-0.05, 0) is 44.8 Å². The van der Waals surface area contributed by atoms with Crippen LogP contribution in [0.3, 0.4) is 0 Å². The van der Waals surface area contributed by atoms with Crippen LogP contribution in [0, 0.1) is 6.92 Å². The summed E-state index contributed by atoms with van der Waals surface area (Å²) in [5.74, 6) is 0. The predicted molar refractivity (Wildman–Crippen MR) is 94.2 cm³/mol. The normalized spacial score (nSPS) is 13.8. The smallest absolute Gasteiger partial charge is 0.301 e. The van der Waals surface area contributed by atoms with Crippen LogP contribution in [-0.4, -0.2) is 34.0 Å². The number of rotatable bonds is 6. The molecule has 1 unspecified atom stereocenters. The van der Waals surface area contributed by atoms with E-state index in [0.717, 1.165) is 29.3 Å². The van der Waals surface area contributed by atoms with Gasteiger partial charge in [0.1, 0.15) is 0 Å². The van der Waals surface area contributed by atoms with Gasteiger partial charge in [0.25, 0.3) is 0 Å². The van der Waals surface area contributed by atoms with Gasteiger partial charge in [-0.25, -0.2) is 13.1 Å². The second-order valence-corrected chi connectivity index (χ2v) is 8.03. The van der Waals surface area contributed by atoms with Crippen molar-refractivity contribution in [3.05, 3.63) is 65.2 Å². The van der Waals surface area contributed by atoms with Crippen LogP contribution in [0.5, 0.6) is 0 Å². The molecule has 1 atom stereocenters. The van der Waals surface area contributed by atoms with Crippen molar-refractivity contribution in [1.82, 2.24) is 9.62 Å². The summed E-state index contributed by atoms with van der Waals surface area (Å²) in [4.78, 5) is 1.44. The van der Waals surface area contributed by atoms with Gasteiger partial charge in [-0.15, -0.1) is 0 Å². The minimum Gasteiger partial charge on any atom is -0.301 e. The van der Waals surface area contributed by atoms with E-state index in [1.54, 1.807) is 0 Å². The van der Waals surface area contributed by atoms with Crippen molar-refractivity contribution in [2.75, 3.05) is 20.6 Å². The quantitative estimate of drug-likeness (QED) is 0.825. The number of aryl methyl sites for hydroxylation is 1. The average Bonchev–Trinajstić information content (AvgIpc) is 2.55. The third kappa shape index (κ3) is 5.06. The standard InChI is InChI=1S/C18H21F3N2O2S/c1-13-7-9-14(10-8-13)17(23(2)3)12-22-26(24,25)16-6-4-5-15(11-16)18(19,20)21/h4-11,17,22H,12H2,1-3H3. The number of hydrogen-bond donors (Lipinski definition) is 1. The van der Waals surface area contributed by atoms with Crippen molar-refractivity contribution in [3.63, 3.8) is 0 Å². The molecule has 0 saturated heterocycles. The highest BCUT2D eigenvalue weighted by Gasteiger charge is 2.31. The zero-order valence-corrected chi connectivity index (χ0v) is 15.5. The molecule has 0 bridgehead atoms. The summed E-state index contributed by atoms with van der Waals surface area (Å²) < 4.78 is 65.7. The first-order chi connectivity index (χ1) is 12.0. The molecule has 0 aliphatic heterocycles. The van der Waals surface area contributed by atoms with E-state index < -0.39 is 26.7 Å². The molecule has 0 spiro atoms. The van der Waals surface area contributed by atoms with Crippen molar-refractivity contribution in [2.24, 2.45) is 0 Å². The maximum atomic E-state index is 12.8. The highest BCUT2D eigenvalue weighted by molar-refractivity contribution is 7.89. The Hall–Kier alpha value is -1.90. The van der Waals surface area contributed by atoms with Crippen LogP contribution >= 0.6 is 0 Å². The summed E-state index contributed by atoms with van der Waals surface area (Å²) in [6.07, 6.45) is -4.60. The number of nitrogens with one attached hydrogen (secondary N) is 1. The predicted octanol–water partition coefficient (Wildman–Crippen LogP) is 3.60. The van der Waals surface area contributed by atoms with Gasteiger partial charge in [-0.1, -0.05) is 35.9 Å². The minimum atomic E-state index is -4.60. The van der Waals surface area contributed by atoms with Crippen molar-refractivity contribution in [2.45, 2.75) is 24.0 Å². The van der Waals surface area contributed by atoms with Gasteiger partial charge < -0.3 is 4.90 Å². The number of likely N-dealkylation sites (N-methyl/N-ethyl adjacent to an activating group) is 1. The number of alkyl halides is 3. The molecule has 0 aliphatic rings. The average molecular weight is 386 g/mol. The molecule has 1 N–H and O–H groups in total. The Balaban J connectivity index is 2.21. The van der Waals surface area contributed by atoms with E-state index in [2.05, 4.69) is 4.72 Å². The van der Waals surface area contributed by atoms with Crippen LogP contribution in [0.15, 0.2) is 53.4 Å². The summed E-state index contributed by atoms with van der Waals surface area (Å²) in [5, 5.41) is 0. The third-order valence-electron chi connectivity index (χ3n) is 4.02. The van der Waals surface area contributed by atoms with E-state index >= 15 is 0 Å². The lowest BCUT2D eigenvalue weighted by molar-refractivity contribution is -0.137. The number of benzene rings is 2. The minimum absolute atomic E-state index is 0.0363. The van der Waals surface area contributed by atoms with Gasteiger partial charge in [-0.2, -0.15) is 13.2 Å². The highest BCUT2D eigenvalue weighted by Crippen LogP contribution is 2.30. The number of sulfonamides is 1. The maximum absolute atomic E-state index is 12.8. The molecule has 26 heavy (non-hydrogen) atoms. The lowest BCUT2D eigenvalue weighted by atomic mass is 10.0. The van der Waals surface area contributed by atoms with Crippen LogP contribution in [0.2, 0.25) is 0 Å². The maximum Gasteiger partial charge on any atom is 0.416 e. The van der Waals surface area contributed by atoms with Gasteiger partial charge >= 0.3 is 6.18 Å². The third-order valence-corrected chi connectivity index (χ3v) is 5.45. The van der Waals surface area contributed by atoms with Crippen LogP contribution in [-0.2, 0) is 16.2 Å². The van der Waals surface area contributed by atoms with E-state index in [4.69, 9.17) is 0 Å². The van der Waals surface area contributed by atoms with Crippen molar-refractivity contribution in [3.8, 4) is 0 Å². The number of nitrogens with zero attached hydrogens (tertiary/aromatic N) is 1. The Morgan fingerprint density at radius 1 is 1.08 bits per heavy atom. The molecule has 4 nitrogen and oxygen atoms in total. The molecule has 142 valence electrons. The summed E-state index contributed by atoms with van der Waals surface area (Å²) in [7, 11) is -0.447. The molecule has 0 saturated carbocycles. The summed E-state index contributed by atoms with van der Waals surface area (Å²) >= 11 is 0. The van der Waals surface area contributed by atoms with Gasteiger partial charge in [0.05, 0.1) is 10.5 Å². The molecule has 0 radical (unpaired) electrons. The van der Waals surface area contributed by atoms with Crippen LogP contribution in [0.1, 0.15) is 22.7 Å². The Kier molecular flexibility index (Phi) is 6.10. The molecule has 2 aromatic carbocycles. The molecular weight excluding hydrogens is 365 g/mol. The summed E-state index contributed by atoms with van der Waals surface area (Å²) in [6.45, 7) is 1.99. The second kappa shape index (κ2) is 7.77. The lowest BCUT2D eigenvalue weighted by Crippen LogP contribution is -2.34. The van der Waals surface area contributed by atoms with E-state index in [0.29, 0.717) is 6.07 Å². The fraction of sp³-hybridized carbons (Fsp3) is 0.333. The van der Waals surface area contributed by atoms with Crippen LogP contribution in [0.25, 0.3) is 0 Å². The van der Waals surface area contributed by atoms with E-state index in [9.17, 15) is 21.6 Å². The zero-order chi connectivity index (χ0) is 19.5. The van der Waals surface area contributed by atoms with E-state index in [1.165, 1.54) is 0 Å². The highest BCUT2D eigenvalue weighted by atomic mass is 32.2. The number of halogens is 3. The first-order valence-corrected chi connectivity index (χ1v) is 9.39. The largest absolute Gasteiger partial charge is 0.416 e. The van der Waals surface area contributed by atoms with Gasteiger partial charge in [0.2, 0.25) is 10.0 Å². The molecule has 2 aromatic rings. The van der Waals surface area contributed by atoms with Gasteiger partial charge in [-0.3, -0.25) is 0 Å². The topological polar surface area (TPSA) is 49.4 Å². The molecule has 0 amide bonds. The Morgan fingerprint density at radius 2 is 1.69 bits per heavy atom. The molecule has 0 aliphatic carbocycles. The first-order valence-electron chi connectivity index (χ1n) is 7.90. The molecule has 0 fully saturated rings. The van der Waals surface area contributed by atoms with Crippen molar-refractivity contribution >= 4 is 10.0 Å². The molecule has 0 aromatic heterocycles. The van der Waals surface area contributed by atoms with Crippen LogP contribution < -0.4 is 4.72 Å². The Labute approximate surface area is 151 Å². The van der Waals surface area contributed by atoms with Crippen molar-refractivity contribution < 1.29 is 21.6 Å². The second-order valence-electron chi connectivity index (χ2n) is 6.27. The summed E-state index contributed by atoms with van der Waals surface area (Å²) in [6, 6.07) is 11.1. The zero-order valence-electron chi connectivity index (χ0n) is 14.7.